The molecule has 0 amide bonds. The van der Waals surface area contributed by atoms with Crippen LogP contribution in [-0.2, 0) is 7.05 Å². The molecule has 4 nitrogen and oxygen atoms in total. The fourth-order valence-electron chi connectivity index (χ4n) is 1.77. The van der Waals surface area contributed by atoms with Gasteiger partial charge in [-0.3, -0.25) is 0 Å². The molecule has 1 aromatic carbocycles. The summed E-state index contributed by atoms with van der Waals surface area (Å²) in [5, 5.41) is 9.21. The van der Waals surface area contributed by atoms with Gasteiger partial charge >= 0.3 is 5.97 Å². The summed E-state index contributed by atoms with van der Waals surface area (Å²) >= 11 is 0. The third-order valence-electron chi connectivity index (χ3n) is 2.85. The summed E-state index contributed by atoms with van der Waals surface area (Å²) in [4.78, 5) is 15.5. The van der Waals surface area contributed by atoms with Crippen molar-refractivity contribution in [2.45, 2.75) is 13.8 Å². The summed E-state index contributed by atoms with van der Waals surface area (Å²) in [6, 6.07) is 7.68. The SMILES string of the molecule is Cc1ccc(-c2nc(C)n(C)c2C(=O)O)cc1. The first-order chi connectivity index (χ1) is 8.00. The molecule has 1 aromatic heterocycles. The fraction of sp³-hybridized carbons (Fsp3) is 0.231. The topological polar surface area (TPSA) is 55.1 Å². The van der Waals surface area contributed by atoms with E-state index < -0.39 is 5.97 Å². The van der Waals surface area contributed by atoms with E-state index in [2.05, 4.69) is 4.98 Å². The largest absolute Gasteiger partial charge is 0.477 e. The van der Waals surface area contributed by atoms with Gasteiger partial charge in [0.1, 0.15) is 11.5 Å². The predicted octanol–water partition coefficient (Wildman–Crippen LogP) is 2.40. The zero-order valence-corrected chi connectivity index (χ0v) is 10.1. The molecular formula is C13H14N2O2. The number of hydrogen-bond acceptors (Lipinski definition) is 2. The molecule has 0 unspecified atom stereocenters. The van der Waals surface area contributed by atoms with E-state index in [1.54, 1.807) is 18.5 Å². The van der Waals surface area contributed by atoms with Gasteiger partial charge in [-0.2, -0.15) is 0 Å². The van der Waals surface area contributed by atoms with Crippen molar-refractivity contribution in [1.82, 2.24) is 9.55 Å². The van der Waals surface area contributed by atoms with Crippen LogP contribution in [0.25, 0.3) is 11.3 Å². The molecule has 88 valence electrons. The number of rotatable bonds is 2. The van der Waals surface area contributed by atoms with Gasteiger partial charge in [0.05, 0.1) is 0 Å². The van der Waals surface area contributed by atoms with Gasteiger partial charge in [-0.1, -0.05) is 29.8 Å². The molecule has 0 saturated carbocycles. The Morgan fingerprint density at radius 1 is 1.24 bits per heavy atom. The average molecular weight is 230 g/mol. The minimum atomic E-state index is -0.955. The summed E-state index contributed by atoms with van der Waals surface area (Å²) < 4.78 is 1.59. The van der Waals surface area contributed by atoms with Crippen LogP contribution in [0.2, 0.25) is 0 Å². The smallest absolute Gasteiger partial charge is 0.354 e. The fourth-order valence-corrected chi connectivity index (χ4v) is 1.77. The molecule has 0 spiro atoms. The molecule has 1 N–H and O–H groups in total. The van der Waals surface area contributed by atoms with Crippen molar-refractivity contribution in [2.24, 2.45) is 7.05 Å². The Bertz CT molecular complexity index is 568. The Labute approximate surface area is 99.5 Å². The zero-order chi connectivity index (χ0) is 12.6. The van der Waals surface area contributed by atoms with Crippen molar-refractivity contribution in [1.29, 1.82) is 0 Å². The molecule has 0 aliphatic rings. The number of imidazole rings is 1. The molecule has 0 atom stereocenters. The summed E-state index contributed by atoms with van der Waals surface area (Å²) in [6.07, 6.45) is 0. The third-order valence-corrected chi connectivity index (χ3v) is 2.85. The predicted molar refractivity (Wildman–Crippen MR) is 65.1 cm³/mol. The lowest BCUT2D eigenvalue weighted by atomic mass is 10.1. The first-order valence-corrected chi connectivity index (χ1v) is 5.34. The van der Waals surface area contributed by atoms with Crippen molar-refractivity contribution >= 4 is 5.97 Å². The van der Waals surface area contributed by atoms with Gasteiger partial charge in [0.2, 0.25) is 0 Å². The third kappa shape index (κ3) is 1.93. The van der Waals surface area contributed by atoms with E-state index in [0.717, 1.165) is 11.1 Å². The molecule has 1 heterocycles. The molecule has 2 rings (SSSR count). The van der Waals surface area contributed by atoms with Gasteiger partial charge in [-0.15, -0.1) is 0 Å². The number of aryl methyl sites for hydroxylation is 2. The van der Waals surface area contributed by atoms with Gasteiger partial charge in [0.25, 0.3) is 0 Å². The number of hydrogen-bond donors (Lipinski definition) is 1. The number of aromatic carboxylic acids is 1. The van der Waals surface area contributed by atoms with Gasteiger partial charge in [-0.25, -0.2) is 9.78 Å². The maximum atomic E-state index is 11.2. The molecule has 0 aliphatic heterocycles. The molecule has 17 heavy (non-hydrogen) atoms. The summed E-state index contributed by atoms with van der Waals surface area (Å²) in [5.41, 5.74) is 2.72. The van der Waals surface area contributed by atoms with Gasteiger partial charge < -0.3 is 9.67 Å². The van der Waals surface area contributed by atoms with E-state index in [1.165, 1.54) is 0 Å². The Kier molecular flexibility index (Phi) is 2.71. The molecule has 0 bridgehead atoms. The summed E-state index contributed by atoms with van der Waals surface area (Å²) in [5.74, 6) is -0.262. The quantitative estimate of drug-likeness (QED) is 0.861. The standard InChI is InChI=1S/C13H14N2O2/c1-8-4-6-10(7-5-8)11-12(13(16)17)15(3)9(2)14-11/h4-7H,1-3H3,(H,16,17). The molecule has 0 fully saturated rings. The summed E-state index contributed by atoms with van der Waals surface area (Å²) in [7, 11) is 1.71. The number of nitrogens with zero attached hydrogens (tertiary/aromatic N) is 2. The van der Waals surface area contributed by atoms with E-state index in [0.29, 0.717) is 11.5 Å². The van der Waals surface area contributed by atoms with Crippen LogP contribution in [0.15, 0.2) is 24.3 Å². The van der Waals surface area contributed by atoms with Gasteiger partial charge in [0, 0.05) is 12.6 Å². The molecule has 2 aromatic rings. The maximum absolute atomic E-state index is 11.2. The van der Waals surface area contributed by atoms with Crippen LogP contribution in [-0.4, -0.2) is 20.6 Å². The molecule has 0 aliphatic carbocycles. The van der Waals surface area contributed by atoms with Crippen LogP contribution in [0.1, 0.15) is 21.9 Å². The first-order valence-electron chi connectivity index (χ1n) is 5.34. The van der Waals surface area contributed by atoms with Crippen LogP contribution < -0.4 is 0 Å². The highest BCUT2D eigenvalue weighted by molar-refractivity contribution is 5.93. The number of benzene rings is 1. The zero-order valence-electron chi connectivity index (χ0n) is 10.1. The van der Waals surface area contributed by atoms with Crippen molar-refractivity contribution < 1.29 is 9.90 Å². The molecule has 0 radical (unpaired) electrons. The second-order valence-corrected chi connectivity index (χ2v) is 4.09. The maximum Gasteiger partial charge on any atom is 0.354 e. The lowest BCUT2D eigenvalue weighted by Crippen LogP contribution is -2.06. The molecule has 0 saturated heterocycles. The number of carboxylic acids is 1. The van der Waals surface area contributed by atoms with Crippen LogP contribution >= 0.6 is 0 Å². The van der Waals surface area contributed by atoms with Gasteiger partial charge in [0.15, 0.2) is 5.69 Å². The number of carboxylic acid groups (broad SMARTS) is 1. The molecular weight excluding hydrogens is 216 g/mol. The highest BCUT2D eigenvalue weighted by Gasteiger charge is 2.19. The Morgan fingerprint density at radius 2 is 1.82 bits per heavy atom. The van der Waals surface area contributed by atoms with E-state index in [-0.39, 0.29) is 5.69 Å². The van der Waals surface area contributed by atoms with Crippen LogP contribution in [0.3, 0.4) is 0 Å². The Morgan fingerprint density at radius 3 is 2.35 bits per heavy atom. The van der Waals surface area contributed by atoms with E-state index in [9.17, 15) is 9.90 Å². The Hall–Kier alpha value is -2.10. The average Bonchev–Trinajstić information content (AvgIpc) is 2.56. The highest BCUT2D eigenvalue weighted by atomic mass is 16.4. The number of aromatic nitrogens is 2. The van der Waals surface area contributed by atoms with Gasteiger partial charge in [-0.05, 0) is 13.8 Å². The van der Waals surface area contributed by atoms with Crippen molar-refractivity contribution in [3.63, 3.8) is 0 Å². The Balaban J connectivity index is 2.63. The van der Waals surface area contributed by atoms with E-state index in [1.807, 2.05) is 31.2 Å². The van der Waals surface area contributed by atoms with Crippen LogP contribution in [0.5, 0.6) is 0 Å². The second kappa shape index (κ2) is 4.05. The first kappa shape index (κ1) is 11.4. The monoisotopic (exact) mass is 230 g/mol. The lowest BCUT2D eigenvalue weighted by Gasteiger charge is -2.02. The van der Waals surface area contributed by atoms with Crippen LogP contribution in [0.4, 0.5) is 0 Å². The van der Waals surface area contributed by atoms with Crippen molar-refractivity contribution in [3.8, 4) is 11.3 Å². The van der Waals surface area contributed by atoms with Crippen molar-refractivity contribution in [2.75, 3.05) is 0 Å². The lowest BCUT2D eigenvalue weighted by molar-refractivity contribution is 0.0687. The van der Waals surface area contributed by atoms with E-state index in [4.69, 9.17) is 0 Å². The van der Waals surface area contributed by atoms with E-state index >= 15 is 0 Å². The van der Waals surface area contributed by atoms with Crippen molar-refractivity contribution in [3.05, 3.63) is 41.3 Å². The van der Waals surface area contributed by atoms with Crippen LogP contribution in [0, 0.1) is 13.8 Å². The molecule has 4 heteroatoms. The number of carbonyl (C=O) groups is 1. The summed E-state index contributed by atoms with van der Waals surface area (Å²) in [6.45, 7) is 3.79. The highest BCUT2D eigenvalue weighted by Crippen LogP contribution is 2.23. The minimum absolute atomic E-state index is 0.228. The minimum Gasteiger partial charge on any atom is -0.477 e. The second-order valence-electron chi connectivity index (χ2n) is 4.09. The normalized spacial score (nSPS) is 10.5.